The van der Waals surface area contributed by atoms with Gasteiger partial charge in [0.25, 0.3) is 0 Å². The van der Waals surface area contributed by atoms with Gasteiger partial charge in [-0.25, -0.2) is 0 Å². The summed E-state index contributed by atoms with van der Waals surface area (Å²) in [7, 11) is 1.69. The molecule has 30 heavy (non-hydrogen) atoms. The smallest absolute Gasteiger partial charge is 0.245 e. The van der Waals surface area contributed by atoms with Crippen LogP contribution in [0.5, 0.6) is 0 Å². The SMILES string of the molecule is CN=C(N)c1ccc2cc(CC[C@@H]3CCCN3C(=O)[C@H]3CCCN3C(C)=O)[nH]c2c1. The molecule has 7 nitrogen and oxygen atoms in total. The highest BCUT2D eigenvalue weighted by Crippen LogP contribution is 2.27. The Morgan fingerprint density at radius 1 is 1.17 bits per heavy atom. The Kier molecular flexibility index (Phi) is 5.79. The van der Waals surface area contributed by atoms with E-state index in [-0.39, 0.29) is 23.9 Å². The Morgan fingerprint density at radius 2 is 1.93 bits per heavy atom. The first kappa shape index (κ1) is 20.4. The minimum Gasteiger partial charge on any atom is -0.384 e. The number of likely N-dealkylation sites (tertiary alicyclic amines) is 2. The van der Waals surface area contributed by atoms with Crippen molar-refractivity contribution < 1.29 is 9.59 Å². The van der Waals surface area contributed by atoms with E-state index >= 15 is 0 Å². The number of benzene rings is 1. The number of carbonyl (C=O) groups excluding carboxylic acids is 2. The monoisotopic (exact) mass is 409 g/mol. The van der Waals surface area contributed by atoms with E-state index in [0.29, 0.717) is 12.4 Å². The van der Waals surface area contributed by atoms with Gasteiger partial charge in [0.2, 0.25) is 11.8 Å². The second kappa shape index (κ2) is 8.50. The number of aryl methyl sites for hydroxylation is 1. The van der Waals surface area contributed by atoms with Crippen LogP contribution in [0, 0.1) is 0 Å². The lowest BCUT2D eigenvalue weighted by molar-refractivity contribution is -0.143. The van der Waals surface area contributed by atoms with Crippen LogP contribution in [-0.4, -0.2) is 64.7 Å². The van der Waals surface area contributed by atoms with Crippen LogP contribution in [0.3, 0.4) is 0 Å². The number of nitrogens with one attached hydrogen (secondary N) is 1. The van der Waals surface area contributed by atoms with Gasteiger partial charge in [-0.15, -0.1) is 0 Å². The van der Waals surface area contributed by atoms with Crippen molar-refractivity contribution in [1.29, 1.82) is 0 Å². The van der Waals surface area contributed by atoms with Gasteiger partial charge in [-0.05, 0) is 56.0 Å². The predicted molar refractivity (Wildman–Crippen MR) is 118 cm³/mol. The standard InChI is InChI=1S/C23H31N5O2/c1-15(29)27-11-4-6-21(27)23(30)28-12-3-5-19(28)10-9-18-13-16-7-8-17(22(24)25-2)14-20(16)26-18/h7-8,13-14,19,21,26H,3-6,9-12H2,1-2H3,(H2,24,25)/t19-,21+/m0/s1. The van der Waals surface area contributed by atoms with E-state index in [1.54, 1.807) is 18.9 Å². The number of amidine groups is 1. The van der Waals surface area contributed by atoms with E-state index in [1.165, 1.54) is 5.69 Å². The van der Waals surface area contributed by atoms with Crippen LogP contribution in [0.15, 0.2) is 29.3 Å². The van der Waals surface area contributed by atoms with Crippen LogP contribution in [-0.2, 0) is 16.0 Å². The summed E-state index contributed by atoms with van der Waals surface area (Å²) < 4.78 is 0. The first-order valence-corrected chi connectivity index (χ1v) is 10.9. The largest absolute Gasteiger partial charge is 0.384 e. The molecule has 0 aliphatic carbocycles. The van der Waals surface area contributed by atoms with E-state index < -0.39 is 0 Å². The third-order valence-electron chi connectivity index (χ3n) is 6.56. The molecule has 2 atom stereocenters. The number of nitrogens with two attached hydrogens (primary N) is 1. The molecule has 3 N–H and O–H groups in total. The minimum absolute atomic E-state index is 0.00722. The molecule has 7 heteroatoms. The lowest BCUT2D eigenvalue weighted by atomic mass is 10.1. The van der Waals surface area contributed by atoms with Crippen LogP contribution in [0.2, 0.25) is 0 Å². The van der Waals surface area contributed by atoms with Gasteiger partial charge < -0.3 is 20.5 Å². The maximum Gasteiger partial charge on any atom is 0.245 e. The number of H-pyrrole nitrogens is 1. The quantitative estimate of drug-likeness (QED) is 0.587. The zero-order valence-corrected chi connectivity index (χ0v) is 17.9. The molecular weight excluding hydrogens is 378 g/mol. The molecular formula is C23H31N5O2. The second-order valence-corrected chi connectivity index (χ2v) is 8.44. The number of nitrogens with zero attached hydrogens (tertiary/aromatic N) is 3. The topological polar surface area (TPSA) is 94.8 Å². The van der Waals surface area contributed by atoms with Crippen molar-refractivity contribution in [3.63, 3.8) is 0 Å². The maximum atomic E-state index is 13.2. The number of aromatic nitrogens is 1. The third kappa shape index (κ3) is 3.93. The van der Waals surface area contributed by atoms with Crippen molar-refractivity contribution >= 4 is 28.6 Å². The summed E-state index contributed by atoms with van der Waals surface area (Å²) in [4.78, 5) is 36.4. The van der Waals surface area contributed by atoms with E-state index in [2.05, 4.69) is 22.1 Å². The Bertz CT molecular complexity index is 979. The Balaban J connectivity index is 1.42. The van der Waals surface area contributed by atoms with Crippen molar-refractivity contribution in [2.24, 2.45) is 10.7 Å². The van der Waals surface area contributed by atoms with Gasteiger partial charge in [0.05, 0.1) is 0 Å². The van der Waals surface area contributed by atoms with Crippen molar-refractivity contribution in [1.82, 2.24) is 14.8 Å². The average Bonchev–Trinajstić information content (AvgIpc) is 3.49. The molecule has 0 bridgehead atoms. The molecule has 0 radical (unpaired) electrons. The fourth-order valence-corrected chi connectivity index (χ4v) is 4.95. The summed E-state index contributed by atoms with van der Waals surface area (Å²) in [6.07, 6.45) is 5.59. The van der Waals surface area contributed by atoms with Crippen molar-refractivity contribution in [2.45, 2.75) is 57.5 Å². The summed E-state index contributed by atoms with van der Waals surface area (Å²) in [6.45, 7) is 3.07. The highest BCUT2D eigenvalue weighted by atomic mass is 16.2. The van der Waals surface area contributed by atoms with Crippen molar-refractivity contribution in [3.05, 3.63) is 35.5 Å². The van der Waals surface area contributed by atoms with Crippen LogP contribution >= 0.6 is 0 Å². The van der Waals surface area contributed by atoms with Crippen LogP contribution < -0.4 is 5.73 Å². The zero-order chi connectivity index (χ0) is 21.3. The number of carbonyl (C=O) groups is 2. The number of fused-ring (bicyclic) bond motifs is 1. The van der Waals surface area contributed by atoms with Crippen molar-refractivity contribution in [2.75, 3.05) is 20.1 Å². The van der Waals surface area contributed by atoms with Gasteiger partial charge in [-0.3, -0.25) is 14.6 Å². The Labute approximate surface area is 177 Å². The highest BCUT2D eigenvalue weighted by Gasteiger charge is 2.38. The van der Waals surface area contributed by atoms with Crippen molar-refractivity contribution in [3.8, 4) is 0 Å². The Morgan fingerprint density at radius 3 is 2.70 bits per heavy atom. The number of hydrogen-bond donors (Lipinski definition) is 2. The predicted octanol–water partition coefficient (Wildman–Crippen LogP) is 2.44. The molecule has 0 spiro atoms. The molecule has 1 aromatic carbocycles. The van der Waals surface area contributed by atoms with E-state index in [4.69, 9.17) is 5.73 Å². The molecule has 4 rings (SSSR count). The number of rotatable bonds is 5. The molecule has 2 aromatic rings. The van der Waals surface area contributed by atoms with Gasteiger partial charge in [-0.1, -0.05) is 12.1 Å². The van der Waals surface area contributed by atoms with Crippen LogP contribution in [0.4, 0.5) is 0 Å². The molecule has 2 aliphatic heterocycles. The lowest BCUT2D eigenvalue weighted by Crippen LogP contribution is -2.48. The summed E-state index contributed by atoms with van der Waals surface area (Å²) in [5, 5.41) is 1.15. The first-order chi connectivity index (χ1) is 14.5. The fourth-order valence-electron chi connectivity index (χ4n) is 4.95. The molecule has 2 amide bonds. The van der Waals surface area contributed by atoms with E-state index in [1.807, 2.05) is 17.0 Å². The molecule has 0 unspecified atom stereocenters. The van der Waals surface area contributed by atoms with Crippen LogP contribution in [0.1, 0.15) is 50.3 Å². The summed E-state index contributed by atoms with van der Waals surface area (Å²) in [5.41, 5.74) is 9.06. The first-order valence-electron chi connectivity index (χ1n) is 10.9. The van der Waals surface area contributed by atoms with Gasteiger partial charge in [0.15, 0.2) is 0 Å². The van der Waals surface area contributed by atoms with Crippen LogP contribution in [0.25, 0.3) is 10.9 Å². The molecule has 2 aliphatic rings. The normalized spacial score (nSPS) is 22.3. The summed E-state index contributed by atoms with van der Waals surface area (Å²) >= 11 is 0. The average molecular weight is 410 g/mol. The summed E-state index contributed by atoms with van der Waals surface area (Å²) in [5.74, 6) is 0.674. The highest BCUT2D eigenvalue weighted by molar-refractivity contribution is 6.00. The van der Waals surface area contributed by atoms with E-state index in [9.17, 15) is 9.59 Å². The molecule has 160 valence electrons. The van der Waals surface area contributed by atoms with Gasteiger partial charge in [0.1, 0.15) is 11.9 Å². The minimum atomic E-state index is -0.264. The number of amides is 2. The summed E-state index contributed by atoms with van der Waals surface area (Å²) in [6, 6.07) is 8.24. The second-order valence-electron chi connectivity index (χ2n) is 8.44. The molecule has 2 fully saturated rings. The molecule has 1 aromatic heterocycles. The number of hydrogen-bond acceptors (Lipinski definition) is 3. The Hall–Kier alpha value is -2.83. The third-order valence-corrected chi connectivity index (χ3v) is 6.56. The molecule has 2 saturated heterocycles. The lowest BCUT2D eigenvalue weighted by Gasteiger charge is -2.31. The van der Waals surface area contributed by atoms with Gasteiger partial charge in [-0.2, -0.15) is 0 Å². The van der Waals surface area contributed by atoms with Gasteiger partial charge in [0, 0.05) is 49.9 Å². The molecule has 3 heterocycles. The molecule has 0 saturated carbocycles. The zero-order valence-electron chi connectivity index (χ0n) is 17.9. The van der Waals surface area contributed by atoms with E-state index in [0.717, 1.165) is 61.5 Å². The van der Waals surface area contributed by atoms with Gasteiger partial charge >= 0.3 is 0 Å². The maximum absolute atomic E-state index is 13.2. The fraction of sp³-hybridized carbons (Fsp3) is 0.522. The number of aliphatic imine (C=N–C) groups is 1. The number of aromatic amines is 1.